The zero-order valence-corrected chi connectivity index (χ0v) is 13.2. The molecule has 0 aliphatic carbocycles. The van der Waals surface area contributed by atoms with E-state index in [1.165, 1.54) is 31.5 Å². The van der Waals surface area contributed by atoms with Crippen LogP contribution < -0.4 is 5.32 Å². The highest BCUT2D eigenvalue weighted by molar-refractivity contribution is 14.1. The number of hydrogen-bond acceptors (Lipinski definition) is 1. The van der Waals surface area contributed by atoms with Gasteiger partial charge in [0.2, 0.25) is 0 Å². The number of benzene rings is 2. The summed E-state index contributed by atoms with van der Waals surface area (Å²) in [6, 6.07) is 13.2. The zero-order valence-electron chi connectivity index (χ0n) is 11.0. The van der Waals surface area contributed by atoms with Crippen molar-refractivity contribution in [1.29, 1.82) is 0 Å². The van der Waals surface area contributed by atoms with E-state index in [1.807, 2.05) is 0 Å². The normalized spacial score (nSPS) is 10.4. The van der Waals surface area contributed by atoms with Crippen molar-refractivity contribution < 1.29 is 0 Å². The monoisotopic (exact) mass is 351 g/mol. The summed E-state index contributed by atoms with van der Waals surface area (Å²) in [5.41, 5.74) is 6.50. The molecular weight excluding hydrogens is 333 g/mol. The summed E-state index contributed by atoms with van der Waals surface area (Å²) in [6.07, 6.45) is 0. The lowest BCUT2D eigenvalue weighted by molar-refractivity contribution is 1.13. The maximum atomic E-state index is 3.48. The fraction of sp³-hybridized carbons (Fsp3) is 0.250. The van der Waals surface area contributed by atoms with Crippen molar-refractivity contribution in [1.82, 2.24) is 0 Å². The first-order valence-corrected chi connectivity index (χ1v) is 7.19. The largest absolute Gasteiger partial charge is 0.381 e. The quantitative estimate of drug-likeness (QED) is 0.781. The van der Waals surface area contributed by atoms with E-state index in [2.05, 4.69) is 85.1 Å². The Kier molecular flexibility index (Phi) is 4.27. The lowest BCUT2D eigenvalue weighted by Gasteiger charge is -2.09. The number of hydrogen-bond donors (Lipinski definition) is 1. The van der Waals surface area contributed by atoms with Crippen LogP contribution in [0.5, 0.6) is 0 Å². The minimum absolute atomic E-state index is 0.877. The van der Waals surface area contributed by atoms with Crippen LogP contribution in [0.4, 0.5) is 5.69 Å². The lowest BCUT2D eigenvalue weighted by Crippen LogP contribution is -2.00. The molecule has 2 rings (SSSR count). The molecule has 2 aromatic rings. The van der Waals surface area contributed by atoms with Gasteiger partial charge in [-0.3, -0.25) is 0 Å². The lowest BCUT2D eigenvalue weighted by atomic mass is 10.1. The van der Waals surface area contributed by atoms with Crippen LogP contribution in [0.3, 0.4) is 0 Å². The third-order valence-electron chi connectivity index (χ3n) is 2.95. The van der Waals surface area contributed by atoms with E-state index < -0.39 is 0 Å². The minimum atomic E-state index is 0.877. The Morgan fingerprint density at radius 3 is 2.22 bits per heavy atom. The number of rotatable bonds is 3. The number of anilines is 1. The van der Waals surface area contributed by atoms with E-state index in [0.717, 1.165) is 6.54 Å². The molecule has 18 heavy (non-hydrogen) atoms. The second-order valence-electron chi connectivity index (χ2n) is 4.81. The van der Waals surface area contributed by atoms with Crippen molar-refractivity contribution >= 4 is 28.3 Å². The molecule has 0 aliphatic heterocycles. The molecule has 0 amide bonds. The van der Waals surface area contributed by atoms with Gasteiger partial charge in [-0.1, -0.05) is 35.4 Å². The van der Waals surface area contributed by atoms with E-state index in [0.29, 0.717) is 0 Å². The minimum Gasteiger partial charge on any atom is -0.381 e. The van der Waals surface area contributed by atoms with Crippen LogP contribution in [0, 0.1) is 24.3 Å². The van der Waals surface area contributed by atoms with Gasteiger partial charge in [-0.25, -0.2) is 0 Å². The van der Waals surface area contributed by atoms with Crippen LogP contribution in [0.25, 0.3) is 0 Å². The van der Waals surface area contributed by atoms with Crippen molar-refractivity contribution in [2.45, 2.75) is 27.3 Å². The third-order valence-corrected chi connectivity index (χ3v) is 4.11. The Morgan fingerprint density at radius 2 is 1.61 bits per heavy atom. The average Bonchev–Trinajstić information content (AvgIpc) is 2.29. The first kappa shape index (κ1) is 13.4. The smallest absolute Gasteiger partial charge is 0.0400 e. The summed E-state index contributed by atoms with van der Waals surface area (Å²) in [6.45, 7) is 7.30. The van der Waals surface area contributed by atoms with Gasteiger partial charge in [0.25, 0.3) is 0 Å². The average molecular weight is 351 g/mol. The molecule has 0 unspecified atom stereocenters. The topological polar surface area (TPSA) is 12.0 Å². The van der Waals surface area contributed by atoms with E-state index in [9.17, 15) is 0 Å². The molecule has 1 N–H and O–H groups in total. The molecule has 2 heteroatoms. The van der Waals surface area contributed by atoms with E-state index in [4.69, 9.17) is 0 Å². The van der Waals surface area contributed by atoms with Gasteiger partial charge in [0.05, 0.1) is 0 Å². The molecule has 0 fully saturated rings. The predicted octanol–water partition coefficient (Wildman–Crippen LogP) is 4.83. The summed E-state index contributed by atoms with van der Waals surface area (Å²) >= 11 is 2.37. The summed E-state index contributed by atoms with van der Waals surface area (Å²) in [7, 11) is 0. The van der Waals surface area contributed by atoms with Crippen molar-refractivity contribution in [3.8, 4) is 0 Å². The van der Waals surface area contributed by atoms with Crippen LogP contribution in [0.2, 0.25) is 0 Å². The van der Waals surface area contributed by atoms with Gasteiger partial charge in [0.15, 0.2) is 0 Å². The van der Waals surface area contributed by atoms with Crippen molar-refractivity contribution in [3.05, 3.63) is 62.2 Å². The number of nitrogens with one attached hydrogen (secondary N) is 1. The highest BCUT2D eigenvalue weighted by Crippen LogP contribution is 2.18. The maximum Gasteiger partial charge on any atom is 0.0400 e. The van der Waals surface area contributed by atoms with Gasteiger partial charge in [0, 0.05) is 15.8 Å². The van der Waals surface area contributed by atoms with Crippen LogP contribution in [-0.2, 0) is 6.54 Å². The highest BCUT2D eigenvalue weighted by Gasteiger charge is 1.99. The first-order valence-electron chi connectivity index (χ1n) is 6.12. The molecule has 0 spiro atoms. The maximum absolute atomic E-state index is 3.48. The Bertz CT molecular complexity index is 541. The molecule has 0 heterocycles. The van der Waals surface area contributed by atoms with Gasteiger partial charge >= 0.3 is 0 Å². The third kappa shape index (κ3) is 3.48. The molecule has 94 valence electrons. The molecule has 0 saturated heterocycles. The molecule has 0 aromatic heterocycles. The molecule has 0 saturated carbocycles. The Hall–Kier alpha value is -1.03. The summed E-state index contributed by atoms with van der Waals surface area (Å²) in [5.74, 6) is 0. The Balaban J connectivity index is 2.08. The molecule has 1 nitrogen and oxygen atoms in total. The Morgan fingerprint density at radius 1 is 0.944 bits per heavy atom. The number of aryl methyl sites for hydroxylation is 3. The van der Waals surface area contributed by atoms with E-state index in [1.54, 1.807) is 0 Å². The van der Waals surface area contributed by atoms with Gasteiger partial charge < -0.3 is 5.32 Å². The molecular formula is C16H18IN. The molecule has 0 atom stereocenters. The molecule has 2 aromatic carbocycles. The van der Waals surface area contributed by atoms with Crippen molar-refractivity contribution in [2.24, 2.45) is 0 Å². The summed E-state index contributed by atoms with van der Waals surface area (Å²) in [4.78, 5) is 0. The van der Waals surface area contributed by atoms with Crippen LogP contribution >= 0.6 is 22.6 Å². The summed E-state index contributed by atoms with van der Waals surface area (Å²) in [5, 5.41) is 3.48. The predicted molar refractivity (Wildman–Crippen MR) is 87.1 cm³/mol. The van der Waals surface area contributed by atoms with Crippen LogP contribution in [0.15, 0.2) is 36.4 Å². The van der Waals surface area contributed by atoms with Crippen molar-refractivity contribution in [2.75, 3.05) is 5.32 Å². The van der Waals surface area contributed by atoms with Crippen LogP contribution in [0.1, 0.15) is 22.3 Å². The van der Waals surface area contributed by atoms with Gasteiger partial charge in [-0.15, -0.1) is 0 Å². The molecule has 0 radical (unpaired) electrons. The van der Waals surface area contributed by atoms with Gasteiger partial charge in [-0.05, 0) is 66.6 Å². The van der Waals surface area contributed by atoms with E-state index >= 15 is 0 Å². The first-order chi connectivity index (χ1) is 8.54. The van der Waals surface area contributed by atoms with Crippen molar-refractivity contribution in [3.63, 3.8) is 0 Å². The standard InChI is InChI=1S/C16H18IN/c1-11-6-12(2)8-14(7-11)10-18-15-5-4-13(3)16(17)9-15/h4-9,18H,10H2,1-3H3. The fourth-order valence-corrected chi connectivity index (χ4v) is 2.59. The zero-order chi connectivity index (χ0) is 13.1. The molecule has 0 aliphatic rings. The number of halogens is 1. The molecule has 0 bridgehead atoms. The van der Waals surface area contributed by atoms with Crippen LogP contribution in [-0.4, -0.2) is 0 Å². The van der Waals surface area contributed by atoms with Gasteiger partial charge in [-0.2, -0.15) is 0 Å². The van der Waals surface area contributed by atoms with Gasteiger partial charge in [0.1, 0.15) is 0 Å². The Labute approximate surface area is 123 Å². The highest BCUT2D eigenvalue weighted by atomic mass is 127. The summed E-state index contributed by atoms with van der Waals surface area (Å²) < 4.78 is 1.30. The fourth-order valence-electron chi connectivity index (χ4n) is 2.08. The van der Waals surface area contributed by atoms with E-state index in [-0.39, 0.29) is 0 Å². The second kappa shape index (κ2) is 5.74. The second-order valence-corrected chi connectivity index (χ2v) is 5.98. The SMILES string of the molecule is Cc1cc(C)cc(CNc2ccc(C)c(I)c2)c1.